The van der Waals surface area contributed by atoms with Crippen LogP contribution in [0.1, 0.15) is 47.8 Å². The molecule has 0 spiro atoms. The summed E-state index contributed by atoms with van der Waals surface area (Å²) in [5.41, 5.74) is 1.06. The molecule has 2 aromatic carbocycles. The Balaban J connectivity index is 2.03. The average Bonchev–Trinajstić information content (AvgIpc) is 3.11. The first-order valence-electron chi connectivity index (χ1n) is 11.3. The molecule has 1 aliphatic rings. The number of hydrogen-bond acceptors (Lipinski definition) is 6. The molecule has 1 atom stereocenters. The summed E-state index contributed by atoms with van der Waals surface area (Å²) in [6, 6.07) is 10.6. The molecule has 0 aliphatic carbocycles. The molecule has 180 valence electrons. The van der Waals surface area contributed by atoms with Gasteiger partial charge in [-0.05, 0) is 68.0 Å². The van der Waals surface area contributed by atoms with Crippen LogP contribution in [0.2, 0.25) is 0 Å². The topological polar surface area (TPSA) is 87.2 Å². The Morgan fingerprint density at radius 1 is 1.03 bits per heavy atom. The van der Waals surface area contributed by atoms with Gasteiger partial charge < -0.3 is 19.6 Å². The van der Waals surface area contributed by atoms with Gasteiger partial charge in [0.05, 0.1) is 24.3 Å². The minimum absolute atomic E-state index is 0.0646. The number of carbonyl (C=O) groups excluding carboxylic acids is 3. The van der Waals surface area contributed by atoms with Crippen molar-refractivity contribution in [2.45, 2.75) is 26.3 Å². The number of methoxy groups -OCH3 is 1. The Kier molecular flexibility index (Phi) is 8.17. The van der Waals surface area contributed by atoms with Crippen molar-refractivity contribution in [1.82, 2.24) is 9.80 Å². The summed E-state index contributed by atoms with van der Waals surface area (Å²) in [7, 11) is 1.28. The van der Waals surface area contributed by atoms with Crippen LogP contribution in [-0.2, 0) is 14.3 Å². The first-order chi connectivity index (χ1) is 16.3. The number of aliphatic hydroxyl groups excluding tert-OH is 1. The van der Waals surface area contributed by atoms with Crippen molar-refractivity contribution in [3.63, 3.8) is 0 Å². The van der Waals surface area contributed by atoms with Crippen LogP contribution in [0.25, 0.3) is 5.76 Å². The Hall–Kier alpha value is -3.52. The fraction of sp³-hybridized carbons (Fsp3) is 0.346. The highest BCUT2D eigenvalue weighted by molar-refractivity contribution is 6.46. The Bertz CT molecular complexity index is 1080. The molecule has 7 nitrogen and oxygen atoms in total. The fourth-order valence-electron chi connectivity index (χ4n) is 4.14. The lowest BCUT2D eigenvalue weighted by Gasteiger charge is -2.27. The van der Waals surface area contributed by atoms with Gasteiger partial charge in [0.1, 0.15) is 11.6 Å². The van der Waals surface area contributed by atoms with Crippen LogP contribution in [0.5, 0.6) is 0 Å². The van der Waals surface area contributed by atoms with Gasteiger partial charge in [0, 0.05) is 12.1 Å². The molecule has 0 bridgehead atoms. The number of ketones is 1. The third-order valence-corrected chi connectivity index (χ3v) is 6.07. The first kappa shape index (κ1) is 25.1. The van der Waals surface area contributed by atoms with E-state index >= 15 is 0 Å². The van der Waals surface area contributed by atoms with Crippen LogP contribution >= 0.6 is 0 Å². The number of amides is 1. The lowest BCUT2D eigenvalue weighted by Crippen LogP contribution is -2.33. The van der Waals surface area contributed by atoms with E-state index in [0.29, 0.717) is 24.1 Å². The molecule has 1 N–H and O–H groups in total. The summed E-state index contributed by atoms with van der Waals surface area (Å²) in [5.74, 6) is -2.86. The molecule has 0 radical (unpaired) electrons. The number of Topliss-reactive ketones (excluding diaryl/α,β-unsaturated/α-hetero) is 1. The van der Waals surface area contributed by atoms with Crippen molar-refractivity contribution in [3.05, 3.63) is 76.6 Å². The maximum Gasteiger partial charge on any atom is 0.337 e. The van der Waals surface area contributed by atoms with Crippen LogP contribution in [0, 0.1) is 5.82 Å². The standard InChI is InChI=1S/C26H29FN2O5/c1-4-28(5-2)15-6-16-29-22(17-7-9-19(10-8-17)26(33)34-3)21(24(31)25(29)32)23(30)18-11-13-20(27)14-12-18/h7-14,22,30H,4-6,15-16H2,1-3H3/b23-21+. The van der Waals surface area contributed by atoms with E-state index < -0.39 is 29.5 Å². The molecule has 1 amide bonds. The van der Waals surface area contributed by atoms with Crippen LogP contribution in [0.4, 0.5) is 4.39 Å². The maximum atomic E-state index is 13.4. The number of nitrogens with zero attached hydrogens (tertiary/aromatic N) is 2. The number of rotatable bonds is 9. The Morgan fingerprint density at radius 2 is 1.62 bits per heavy atom. The molecule has 1 unspecified atom stereocenters. The minimum atomic E-state index is -0.839. The average molecular weight is 469 g/mol. The van der Waals surface area contributed by atoms with Gasteiger partial charge in [0.25, 0.3) is 11.7 Å². The molecular weight excluding hydrogens is 439 g/mol. The largest absolute Gasteiger partial charge is 0.507 e. The van der Waals surface area contributed by atoms with Gasteiger partial charge in [0.2, 0.25) is 0 Å². The van der Waals surface area contributed by atoms with Gasteiger partial charge in [-0.15, -0.1) is 0 Å². The van der Waals surface area contributed by atoms with E-state index in [9.17, 15) is 23.9 Å². The summed E-state index contributed by atoms with van der Waals surface area (Å²) < 4.78 is 18.1. The fourth-order valence-corrected chi connectivity index (χ4v) is 4.14. The van der Waals surface area contributed by atoms with Crippen LogP contribution < -0.4 is 0 Å². The van der Waals surface area contributed by atoms with Crippen molar-refractivity contribution in [1.29, 1.82) is 0 Å². The monoisotopic (exact) mass is 468 g/mol. The minimum Gasteiger partial charge on any atom is -0.507 e. The van der Waals surface area contributed by atoms with Crippen LogP contribution in [-0.4, -0.2) is 65.9 Å². The normalized spacial score (nSPS) is 17.4. The zero-order valence-electron chi connectivity index (χ0n) is 19.6. The Labute approximate surface area is 198 Å². The number of hydrogen-bond donors (Lipinski definition) is 1. The molecule has 34 heavy (non-hydrogen) atoms. The third kappa shape index (κ3) is 5.17. The molecular formula is C26H29FN2O5. The van der Waals surface area contributed by atoms with Crippen molar-refractivity contribution in [2.24, 2.45) is 0 Å². The van der Waals surface area contributed by atoms with E-state index in [4.69, 9.17) is 4.74 Å². The number of benzene rings is 2. The van der Waals surface area contributed by atoms with E-state index in [1.54, 1.807) is 24.3 Å². The summed E-state index contributed by atoms with van der Waals surface area (Å²) in [5, 5.41) is 11.0. The van der Waals surface area contributed by atoms with Gasteiger partial charge in [-0.25, -0.2) is 9.18 Å². The number of esters is 1. The summed E-state index contributed by atoms with van der Waals surface area (Å²) in [4.78, 5) is 41.6. The van der Waals surface area contributed by atoms with Crippen molar-refractivity contribution < 1.29 is 28.6 Å². The van der Waals surface area contributed by atoms with Gasteiger partial charge in [0.15, 0.2) is 0 Å². The van der Waals surface area contributed by atoms with E-state index in [1.807, 2.05) is 0 Å². The molecule has 2 aromatic rings. The molecule has 8 heteroatoms. The predicted octanol–water partition coefficient (Wildman–Crippen LogP) is 3.77. The van der Waals surface area contributed by atoms with Gasteiger partial charge >= 0.3 is 5.97 Å². The van der Waals surface area contributed by atoms with Crippen LogP contribution in [0.3, 0.4) is 0 Å². The molecule has 1 fully saturated rings. The van der Waals surface area contributed by atoms with Crippen molar-refractivity contribution in [2.75, 3.05) is 33.3 Å². The number of ether oxygens (including phenoxy) is 1. The highest BCUT2D eigenvalue weighted by Crippen LogP contribution is 2.39. The number of likely N-dealkylation sites (tertiary alicyclic amines) is 1. The smallest absolute Gasteiger partial charge is 0.337 e. The quantitative estimate of drug-likeness (QED) is 0.261. The zero-order valence-corrected chi connectivity index (χ0v) is 19.6. The first-order valence-corrected chi connectivity index (χ1v) is 11.3. The van der Waals surface area contributed by atoms with E-state index in [-0.39, 0.29) is 16.9 Å². The highest BCUT2D eigenvalue weighted by atomic mass is 19.1. The molecule has 3 rings (SSSR count). The number of carbonyl (C=O) groups is 3. The lowest BCUT2D eigenvalue weighted by atomic mass is 9.94. The van der Waals surface area contributed by atoms with Gasteiger partial charge in [-0.3, -0.25) is 9.59 Å². The van der Waals surface area contributed by atoms with Gasteiger partial charge in [-0.2, -0.15) is 0 Å². The molecule has 0 aromatic heterocycles. The molecule has 1 heterocycles. The van der Waals surface area contributed by atoms with E-state index in [0.717, 1.165) is 19.6 Å². The van der Waals surface area contributed by atoms with Crippen molar-refractivity contribution in [3.8, 4) is 0 Å². The third-order valence-electron chi connectivity index (χ3n) is 6.07. The Morgan fingerprint density at radius 3 is 2.18 bits per heavy atom. The number of halogens is 1. The van der Waals surface area contributed by atoms with Crippen molar-refractivity contribution >= 4 is 23.4 Å². The van der Waals surface area contributed by atoms with E-state index in [1.165, 1.54) is 36.3 Å². The second-order valence-corrected chi connectivity index (χ2v) is 7.99. The second kappa shape index (κ2) is 11.1. The summed E-state index contributed by atoms with van der Waals surface area (Å²) >= 11 is 0. The predicted molar refractivity (Wildman–Crippen MR) is 126 cm³/mol. The molecule has 0 saturated carbocycles. The zero-order chi connectivity index (χ0) is 24.8. The maximum absolute atomic E-state index is 13.4. The highest BCUT2D eigenvalue weighted by Gasteiger charge is 2.45. The molecule has 1 saturated heterocycles. The summed E-state index contributed by atoms with van der Waals surface area (Å²) in [6.45, 7) is 6.92. The second-order valence-electron chi connectivity index (χ2n) is 7.99. The molecule has 1 aliphatic heterocycles. The van der Waals surface area contributed by atoms with Gasteiger partial charge in [-0.1, -0.05) is 26.0 Å². The number of aliphatic hydroxyl groups is 1. The lowest BCUT2D eigenvalue weighted by molar-refractivity contribution is -0.140. The summed E-state index contributed by atoms with van der Waals surface area (Å²) in [6.07, 6.45) is 0.641. The SMILES string of the molecule is CCN(CC)CCCN1C(=O)C(=O)/C(=C(/O)c2ccc(F)cc2)C1c1ccc(C(=O)OC)cc1. The van der Waals surface area contributed by atoms with Crippen LogP contribution in [0.15, 0.2) is 54.1 Å². The van der Waals surface area contributed by atoms with E-state index in [2.05, 4.69) is 18.7 Å².